The minimum atomic E-state index is -1.32. The largest absolute Gasteiger partial charge is 0.395 e. The number of ketones is 1. The van der Waals surface area contributed by atoms with Gasteiger partial charge in [0.15, 0.2) is 5.78 Å². The molecule has 0 heterocycles. The second kappa shape index (κ2) is 9.80. The van der Waals surface area contributed by atoms with Crippen molar-refractivity contribution < 1.29 is 14.7 Å². The molecule has 0 unspecified atom stereocenters. The third kappa shape index (κ3) is 4.98. The summed E-state index contributed by atoms with van der Waals surface area (Å²) in [6.45, 7) is -0.0791. The molecule has 0 aliphatic heterocycles. The molecule has 3 aromatic rings. The highest BCUT2D eigenvalue weighted by Gasteiger charge is 2.46. The molecule has 29 heavy (non-hydrogen) atoms. The van der Waals surface area contributed by atoms with E-state index in [0.29, 0.717) is 5.56 Å². The first kappa shape index (κ1) is 20.5. The number of hydrogen-bond donors (Lipinski definition) is 2. The number of aliphatic hydroxyl groups is 1. The first-order valence-electron chi connectivity index (χ1n) is 9.72. The third-order valence-electron chi connectivity index (χ3n) is 5.00. The highest BCUT2D eigenvalue weighted by molar-refractivity contribution is 6.14. The second-order valence-electron chi connectivity index (χ2n) is 7.08. The SMILES string of the molecule is O=C(NCCO)C(Cc1ccccc1)(Cc1ccccc1)C(=O)c1ccccc1. The minimum Gasteiger partial charge on any atom is -0.395 e. The zero-order chi connectivity index (χ0) is 20.5. The van der Waals surface area contributed by atoms with Crippen molar-refractivity contribution in [2.75, 3.05) is 13.2 Å². The Kier molecular flexibility index (Phi) is 6.93. The summed E-state index contributed by atoms with van der Waals surface area (Å²) < 4.78 is 0. The molecule has 4 nitrogen and oxygen atoms in total. The van der Waals surface area contributed by atoms with Crippen molar-refractivity contribution in [2.45, 2.75) is 12.8 Å². The molecule has 0 atom stereocenters. The minimum absolute atomic E-state index is 0.103. The van der Waals surface area contributed by atoms with E-state index in [1.165, 1.54) is 0 Å². The fraction of sp³-hybridized carbons (Fsp3) is 0.200. The molecule has 0 aliphatic carbocycles. The molecule has 0 bridgehead atoms. The van der Waals surface area contributed by atoms with E-state index in [1.54, 1.807) is 24.3 Å². The van der Waals surface area contributed by atoms with Crippen LogP contribution in [0.2, 0.25) is 0 Å². The molecule has 1 amide bonds. The number of rotatable bonds is 9. The smallest absolute Gasteiger partial charge is 0.234 e. The number of carbonyl (C=O) groups is 2. The molecule has 3 rings (SSSR count). The number of amides is 1. The second-order valence-corrected chi connectivity index (χ2v) is 7.08. The number of carbonyl (C=O) groups excluding carboxylic acids is 2. The van der Waals surface area contributed by atoms with Gasteiger partial charge in [0.1, 0.15) is 5.41 Å². The molecular formula is C25H25NO3. The van der Waals surface area contributed by atoms with E-state index in [9.17, 15) is 14.7 Å². The topological polar surface area (TPSA) is 66.4 Å². The lowest BCUT2D eigenvalue weighted by Gasteiger charge is -2.32. The molecule has 0 aromatic heterocycles. The molecule has 0 aliphatic rings. The molecule has 2 N–H and O–H groups in total. The van der Waals surface area contributed by atoms with Crippen molar-refractivity contribution in [2.24, 2.45) is 5.41 Å². The van der Waals surface area contributed by atoms with Crippen LogP contribution >= 0.6 is 0 Å². The van der Waals surface area contributed by atoms with E-state index in [-0.39, 0.29) is 37.7 Å². The highest BCUT2D eigenvalue weighted by Crippen LogP contribution is 2.33. The summed E-state index contributed by atoms with van der Waals surface area (Å²) in [5.74, 6) is -0.589. The predicted octanol–water partition coefficient (Wildman–Crippen LogP) is 3.45. The lowest BCUT2D eigenvalue weighted by Crippen LogP contribution is -2.50. The summed E-state index contributed by atoms with van der Waals surface area (Å²) in [7, 11) is 0. The van der Waals surface area contributed by atoms with Gasteiger partial charge in [-0.25, -0.2) is 0 Å². The van der Waals surface area contributed by atoms with Crippen LogP contribution in [0.4, 0.5) is 0 Å². The molecule has 0 saturated heterocycles. The molecule has 0 saturated carbocycles. The van der Waals surface area contributed by atoms with E-state index in [4.69, 9.17) is 0 Å². The molecule has 0 radical (unpaired) electrons. The molecule has 148 valence electrons. The summed E-state index contributed by atoms with van der Waals surface area (Å²) in [5.41, 5.74) is 0.997. The molecule has 0 spiro atoms. The van der Waals surface area contributed by atoms with Gasteiger partial charge >= 0.3 is 0 Å². The van der Waals surface area contributed by atoms with Gasteiger partial charge in [0.25, 0.3) is 0 Å². The van der Waals surface area contributed by atoms with Gasteiger partial charge in [0.2, 0.25) is 5.91 Å². The van der Waals surface area contributed by atoms with Crippen molar-refractivity contribution in [3.8, 4) is 0 Å². The van der Waals surface area contributed by atoms with Crippen LogP contribution in [-0.2, 0) is 17.6 Å². The van der Waals surface area contributed by atoms with E-state index in [0.717, 1.165) is 11.1 Å². The normalized spacial score (nSPS) is 11.1. The molecule has 3 aromatic carbocycles. The van der Waals surface area contributed by atoms with E-state index in [1.807, 2.05) is 66.7 Å². The van der Waals surface area contributed by atoms with Crippen LogP contribution in [0.15, 0.2) is 91.0 Å². The van der Waals surface area contributed by atoms with Gasteiger partial charge < -0.3 is 10.4 Å². The van der Waals surface area contributed by atoms with Crippen LogP contribution in [0.5, 0.6) is 0 Å². The van der Waals surface area contributed by atoms with Gasteiger partial charge in [-0.1, -0.05) is 91.0 Å². The summed E-state index contributed by atoms with van der Waals surface area (Å²) in [6, 6.07) is 28.1. The Morgan fingerprint density at radius 2 is 1.17 bits per heavy atom. The number of benzene rings is 3. The Morgan fingerprint density at radius 3 is 1.62 bits per heavy atom. The summed E-state index contributed by atoms with van der Waals surface area (Å²) >= 11 is 0. The van der Waals surface area contributed by atoms with Gasteiger partial charge in [-0.05, 0) is 24.0 Å². The van der Waals surface area contributed by atoms with Gasteiger partial charge in [0, 0.05) is 12.1 Å². The van der Waals surface area contributed by atoms with Gasteiger partial charge in [-0.15, -0.1) is 0 Å². The first-order valence-corrected chi connectivity index (χ1v) is 9.72. The summed E-state index contributed by atoms with van der Waals surface area (Å²) in [4.78, 5) is 27.2. The average Bonchev–Trinajstić information content (AvgIpc) is 2.78. The molecule has 0 fully saturated rings. The van der Waals surface area contributed by atoms with E-state index >= 15 is 0 Å². The highest BCUT2D eigenvalue weighted by atomic mass is 16.3. The van der Waals surface area contributed by atoms with Crippen LogP contribution in [0, 0.1) is 5.41 Å². The first-order chi connectivity index (χ1) is 14.2. The Hall–Kier alpha value is -3.24. The maximum Gasteiger partial charge on any atom is 0.234 e. The van der Waals surface area contributed by atoms with Crippen LogP contribution < -0.4 is 5.32 Å². The van der Waals surface area contributed by atoms with Crippen LogP contribution in [0.25, 0.3) is 0 Å². The molecular weight excluding hydrogens is 362 g/mol. The standard InChI is InChI=1S/C25H25NO3/c27-17-16-26-24(29)25(18-20-10-4-1-5-11-20,19-21-12-6-2-7-13-21)23(28)22-14-8-3-9-15-22/h1-15,27H,16-19H2,(H,26,29). The van der Waals surface area contributed by atoms with Crippen LogP contribution in [-0.4, -0.2) is 29.9 Å². The molecule has 4 heteroatoms. The summed E-state index contributed by atoms with van der Waals surface area (Å²) in [6.07, 6.45) is 0.543. The fourth-order valence-corrected chi connectivity index (χ4v) is 3.58. The quantitative estimate of drug-likeness (QED) is 0.437. The monoisotopic (exact) mass is 387 g/mol. The Labute approximate surface area is 171 Å². The number of Topliss-reactive ketones (excluding diaryl/α,β-unsaturated/α-hetero) is 1. The van der Waals surface area contributed by atoms with Crippen LogP contribution in [0.1, 0.15) is 21.5 Å². The van der Waals surface area contributed by atoms with Gasteiger partial charge in [-0.3, -0.25) is 9.59 Å². The zero-order valence-electron chi connectivity index (χ0n) is 16.3. The van der Waals surface area contributed by atoms with Crippen molar-refractivity contribution in [3.63, 3.8) is 0 Å². The van der Waals surface area contributed by atoms with Crippen molar-refractivity contribution in [3.05, 3.63) is 108 Å². The van der Waals surface area contributed by atoms with E-state index in [2.05, 4.69) is 5.32 Å². The maximum atomic E-state index is 13.8. The average molecular weight is 387 g/mol. The predicted molar refractivity (Wildman–Crippen MR) is 114 cm³/mol. The zero-order valence-corrected chi connectivity index (χ0v) is 16.3. The Morgan fingerprint density at radius 1 is 0.724 bits per heavy atom. The van der Waals surface area contributed by atoms with Gasteiger partial charge in [0.05, 0.1) is 6.61 Å². The maximum absolute atomic E-state index is 13.8. The fourth-order valence-electron chi connectivity index (χ4n) is 3.58. The van der Waals surface area contributed by atoms with E-state index < -0.39 is 5.41 Å². The van der Waals surface area contributed by atoms with Crippen LogP contribution in [0.3, 0.4) is 0 Å². The Balaban J connectivity index is 2.10. The lowest BCUT2D eigenvalue weighted by molar-refractivity contribution is -0.128. The van der Waals surface area contributed by atoms with Crippen molar-refractivity contribution in [1.82, 2.24) is 5.32 Å². The number of hydrogen-bond acceptors (Lipinski definition) is 3. The third-order valence-corrected chi connectivity index (χ3v) is 5.00. The van der Waals surface area contributed by atoms with Crippen molar-refractivity contribution >= 4 is 11.7 Å². The number of aliphatic hydroxyl groups excluding tert-OH is 1. The Bertz CT molecular complexity index is 883. The van der Waals surface area contributed by atoms with Crippen molar-refractivity contribution in [1.29, 1.82) is 0 Å². The lowest BCUT2D eigenvalue weighted by atomic mass is 9.70. The summed E-state index contributed by atoms with van der Waals surface area (Å²) in [5, 5.41) is 12.0. The van der Waals surface area contributed by atoms with Gasteiger partial charge in [-0.2, -0.15) is 0 Å². The number of nitrogens with one attached hydrogen (secondary N) is 1.